The Morgan fingerprint density at radius 3 is 1.22 bits per heavy atom. The van der Waals surface area contributed by atoms with Crippen molar-refractivity contribution in [2.24, 2.45) is 5.92 Å². The first-order valence-electron chi connectivity index (χ1n) is 40.0. The number of esters is 1. The summed E-state index contributed by atoms with van der Waals surface area (Å²) in [5, 5.41) is 0. The normalized spacial score (nSPS) is 32.9. The van der Waals surface area contributed by atoms with Gasteiger partial charge in [0.1, 0.15) is 73.2 Å². The van der Waals surface area contributed by atoms with E-state index in [0.717, 1.165) is 77.5 Å². The summed E-state index contributed by atoms with van der Waals surface area (Å²) < 4.78 is 149. The summed E-state index contributed by atoms with van der Waals surface area (Å²) >= 11 is 0. The van der Waals surface area contributed by atoms with Gasteiger partial charge in [-0.25, -0.2) is 0 Å². The molecule has 8 aromatic rings. The number of carbonyl (C=O) groups is 1. The molecule has 598 valence electrons. The molecule has 0 spiro atoms. The lowest BCUT2D eigenvalue weighted by Gasteiger charge is -2.57. The molecular formula is C91H102O22. The standard InChI is InChI=1S/C91H102O22/c1-60-76(96-53-62-35-17-8-18-36-62)77-69(56-99-85(108-77)65-41-23-11-24-42-65)103-84(60)111-83-81(98-55-64-39-21-10-22-40-64)79-71(58-101-87(110-79)67-45-27-13-28-46-67)105-90(83)113-91-72(95-52-61-33-15-7-16-34-61)51-75(106-73(91)59-102-88(112-91)68-47-29-14-30-48-68)107-82-80(97-54-63-37-19-9-20-38-63)78-70(57-100-86(109-78)66-43-25-12-26-44-66)104-89(82)94-50-32-6-4-3-5-31-49-74(92)93-2/h7-30,33-48,60,69-73,75-90H,3-6,31-32,49-59H2,1-2H3/t60?,69?,70?,71?,72-,73?,75+,76-,77+,78+,79+,80+,81+,82?,83?,84+,85?,86?,87?,88?,89?,90+,91-/m1/s1. The third kappa shape index (κ3) is 19.6. The van der Waals surface area contributed by atoms with E-state index in [9.17, 15) is 4.79 Å². The first kappa shape index (κ1) is 79.3. The van der Waals surface area contributed by atoms with Gasteiger partial charge in [0, 0.05) is 47.6 Å². The van der Waals surface area contributed by atoms with Crippen LogP contribution in [0.3, 0.4) is 0 Å². The SMILES string of the molecule is COC(=O)CCCCCCCCOC1OC2COC(c3ccccc3)O[C@@H]2[C@H](OCc2ccccc2)C1O[C@H]1C[C@@H](OCc2ccccc2)[C@]2(O[C@@H]3OC4COC(c5ccccc5)O[C@@H]4[C@H](OCc4ccccc4)C3O[C@@H]3OC4COC(c5ccccc5)O[C@@H]4[C@H](OCc4ccccc4)C3C)OC(c3ccccc3)OCC2O1. The fourth-order valence-corrected chi connectivity index (χ4v) is 16.2. The van der Waals surface area contributed by atoms with E-state index in [2.05, 4.69) is 6.92 Å². The second kappa shape index (κ2) is 38.9. The summed E-state index contributed by atoms with van der Waals surface area (Å²) in [6, 6.07) is 79.2. The molecule has 113 heavy (non-hydrogen) atoms. The fraction of sp³-hybridized carbons (Fsp3) is 0.462. The summed E-state index contributed by atoms with van der Waals surface area (Å²) in [5.74, 6) is -2.67. The highest BCUT2D eigenvalue weighted by atomic mass is 16.9. The number of carbonyl (C=O) groups excluding carboxylic acids is 1. The molecule has 0 saturated carbocycles. The lowest BCUT2D eigenvalue weighted by atomic mass is 9.90. The molecule has 0 aromatic heterocycles. The summed E-state index contributed by atoms with van der Waals surface area (Å²) in [6.07, 6.45) is -13.5. The number of fused-ring (bicyclic) bond motifs is 4. The third-order valence-electron chi connectivity index (χ3n) is 22.1. The molecule has 8 heterocycles. The van der Waals surface area contributed by atoms with Crippen LogP contribution in [0.25, 0.3) is 0 Å². The van der Waals surface area contributed by atoms with Crippen molar-refractivity contribution in [3.8, 4) is 0 Å². The van der Waals surface area contributed by atoms with Gasteiger partial charge in [0.25, 0.3) is 0 Å². The van der Waals surface area contributed by atoms with Crippen LogP contribution in [-0.4, -0.2) is 156 Å². The Morgan fingerprint density at radius 2 is 0.752 bits per heavy atom. The summed E-state index contributed by atoms with van der Waals surface area (Å²) in [5.41, 5.74) is 6.92. The zero-order valence-electron chi connectivity index (χ0n) is 63.8. The highest BCUT2D eigenvalue weighted by Gasteiger charge is 2.65. The molecule has 8 aromatic carbocycles. The Bertz CT molecular complexity index is 4130. The number of unbranched alkanes of at least 4 members (excludes halogenated alkanes) is 5. The number of hydrogen-bond donors (Lipinski definition) is 0. The molecule has 16 rings (SSSR count). The molecule has 8 aliphatic heterocycles. The second-order valence-electron chi connectivity index (χ2n) is 29.9. The maximum absolute atomic E-state index is 11.9. The Morgan fingerprint density at radius 1 is 0.372 bits per heavy atom. The van der Waals surface area contributed by atoms with Gasteiger partial charge in [-0.15, -0.1) is 0 Å². The van der Waals surface area contributed by atoms with Crippen LogP contribution in [0.1, 0.15) is 128 Å². The Hall–Kier alpha value is -7.57. The molecule has 0 aliphatic carbocycles. The van der Waals surface area contributed by atoms with E-state index in [1.807, 2.05) is 243 Å². The number of hydrogen-bond acceptors (Lipinski definition) is 22. The third-order valence-corrected chi connectivity index (χ3v) is 22.1. The molecule has 22 heteroatoms. The van der Waals surface area contributed by atoms with Gasteiger partial charge in [0.05, 0.1) is 66.1 Å². The number of ether oxygens (including phenoxy) is 21. The van der Waals surface area contributed by atoms with E-state index < -0.39 is 141 Å². The van der Waals surface area contributed by atoms with E-state index in [4.69, 9.17) is 99.5 Å². The molecular weight excluding hydrogens is 1440 g/mol. The molecule has 22 nitrogen and oxygen atoms in total. The number of benzene rings is 8. The van der Waals surface area contributed by atoms with Crippen molar-refractivity contribution in [2.45, 2.75) is 220 Å². The molecule has 8 aliphatic rings. The van der Waals surface area contributed by atoms with Gasteiger partial charge in [-0.3, -0.25) is 4.79 Å². The minimum Gasteiger partial charge on any atom is -0.469 e. The van der Waals surface area contributed by atoms with E-state index in [1.165, 1.54) is 7.11 Å². The maximum atomic E-state index is 11.9. The van der Waals surface area contributed by atoms with Crippen LogP contribution >= 0.6 is 0 Å². The largest absolute Gasteiger partial charge is 0.469 e. The summed E-state index contributed by atoms with van der Waals surface area (Å²) in [7, 11) is 1.42. The zero-order valence-corrected chi connectivity index (χ0v) is 63.8. The second-order valence-corrected chi connectivity index (χ2v) is 29.9. The highest BCUT2D eigenvalue weighted by Crippen LogP contribution is 2.50. The summed E-state index contributed by atoms with van der Waals surface area (Å²) in [6.45, 7) is 3.36. The Balaban J connectivity index is 0.770. The van der Waals surface area contributed by atoms with Crippen LogP contribution in [0.5, 0.6) is 0 Å². The Labute approximate surface area is 660 Å². The molecule has 0 radical (unpaired) electrons. The molecule has 0 amide bonds. The lowest BCUT2D eigenvalue weighted by molar-refractivity contribution is -0.496. The molecule has 12 unspecified atom stereocenters. The van der Waals surface area contributed by atoms with E-state index >= 15 is 0 Å². The van der Waals surface area contributed by atoms with Crippen molar-refractivity contribution in [3.63, 3.8) is 0 Å². The highest BCUT2D eigenvalue weighted by molar-refractivity contribution is 5.69. The van der Waals surface area contributed by atoms with Gasteiger partial charge in [0.15, 0.2) is 50.3 Å². The van der Waals surface area contributed by atoms with Crippen molar-refractivity contribution < 1.29 is 104 Å². The van der Waals surface area contributed by atoms with E-state index in [1.54, 1.807) is 0 Å². The average Bonchev–Trinajstić information content (AvgIpc) is 0.718. The zero-order chi connectivity index (χ0) is 76.6. The van der Waals surface area contributed by atoms with E-state index in [0.29, 0.717) is 18.6 Å². The average molecular weight is 1550 g/mol. The minimum atomic E-state index is -1.94. The monoisotopic (exact) mass is 1550 g/mol. The smallest absolute Gasteiger partial charge is 0.305 e. The van der Waals surface area contributed by atoms with Gasteiger partial charge >= 0.3 is 5.97 Å². The van der Waals surface area contributed by atoms with Gasteiger partial charge < -0.3 is 99.5 Å². The van der Waals surface area contributed by atoms with Crippen molar-refractivity contribution in [1.82, 2.24) is 0 Å². The molecule has 23 atom stereocenters. The van der Waals surface area contributed by atoms with Gasteiger partial charge in [-0.1, -0.05) is 275 Å². The van der Waals surface area contributed by atoms with Crippen molar-refractivity contribution in [2.75, 3.05) is 40.1 Å². The van der Waals surface area contributed by atoms with Crippen LogP contribution in [0.15, 0.2) is 243 Å². The molecule has 8 fully saturated rings. The molecule has 0 bridgehead atoms. The predicted octanol–water partition coefficient (Wildman–Crippen LogP) is 14.7. The van der Waals surface area contributed by atoms with Crippen molar-refractivity contribution in [1.29, 1.82) is 0 Å². The van der Waals surface area contributed by atoms with E-state index in [-0.39, 0.29) is 65.2 Å². The van der Waals surface area contributed by atoms with Gasteiger partial charge in [-0.2, -0.15) is 0 Å². The van der Waals surface area contributed by atoms with Gasteiger partial charge in [0.2, 0.25) is 5.79 Å². The fourth-order valence-electron chi connectivity index (χ4n) is 16.2. The van der Waals surface area contributed by atoms with Crippen LogP contribution in [0.2, 0.25) is 0 Å². The van der Waals surface area contributed by atoms with Crippen LogP contribution < -0.4 is 0 Å². The van der Waals surface area contributed by atoms with Crippen molar-refractivity contribution in [3.05, 3.63) is 287 Å². The molecule has 8 saturated heterocycles. The number of rotatable bonds is 32. The van der Waals surface area contributed by atoms with Crippen molar-refractivity contribution >= 4 is 5.97 Å². The molecule has 0 N–H and O–H groups in total. The summed E-state index contributed by atoms with van der Waals surface area (Å²) in [4.78, 5) is 11.9. The topological polar surface area (TPSA) is 211 Å². The Kier molecular flexibility index (Phi) is 27.3. The maximum Gasteiger partial charge on any atom is 0.305 e. The number of methoxy groups -OCH3 is 1. The first-order chi connectivity index (χ1) is 55.7. The predicted molar refractivity (Wildman–Crippen MR) is 409 cm³/mol. The van der Waals surface area contributed by atoms with Crippen LogP contribution in [-0.2, 0) is 131 Å². The quantitative estimate of drug-likeness (QED) is 0.0283. The first-order valence-corrected chi connectivity index (χ1v) is 40.0. The van der Waals surface area contributed by atoms with Crippen LogP contribution in [0, 0.1) is 5.92 Å². The van der Waals surface area contributed by atoms with Gasteiger partial charge in [-0.05, 0) is 35.1 Å². The minimum absolute atomic E-state index is 0.0143. The lowest BCUT2D eigenvalue weighted by Crippen LogP contribution is -2.72. The van der Waals surface area contributed by atoms with Crippen LogP contribution in [0.4, 0.5) is 0 Å².